The molecule has 1 amide bonds. The average Bonchev–Trinajstić information content (AvgIpc) is 2.05. The fourth-order valence-corrected chi connectivity index (χ4v) is 2.04. The van der Waals surface area contributed by atoms with Crippen molar-refractivity contribution in [1.82, 2.24) is 4.90 Å². The summed E-state index contributed by atoms with van der Waals surface area (Å²) in [6, 6.07) is 0. The van der Waals surface area contributed by atoms with E-state index in [1.807, 2.05) is 0 Å². The van der Waals surface area contributed by atoms with Gasteiger partial charge >= 0.3 is 0 Å². The van der Waals surface area contributed by atoms with Crippen molar-refractivity contribution in [3.63, 3.8) is 0 Å². The Morgan fingerprint density at radius 2 is 2.00 bits per heavy atom. The number of carbonyl (C=O) groups excluding carboxylic acids is 1. The van der Waals surface area contributed by atoms with Crippen molar-refractivity contribution >= 4 is 16.7 Å². The van der Waals surface area contributed by atoms with Crippen LogP contribution in [0.3, 0.4) is 0 Å². The predicted molar refractivity (Wildman–Crippen MR) is 41.5 cm³/mol. The molecular weight excluding hydrogens is 166 g/mol. The van der Waals surface area contributed by atoms with E-state index in [4.69, 9.17) is 5.11 Å². The largest absolute Gasteiger partial charge is 0.387 e. The highest BCUT2D eigenvalue weighted by Gasteiger charge is 2.18. The quantitative estimate of drug-likeness (QED) is 0.534. The van der Waals surface area contributed by atoms with Gasteiger partial charge in [0.15, 0.2) is 0 Å². The van der Waals surface area contributed by atoms with Crippen LogP contribution in [0.15, 0.2) is 0 Å². The van der Waals surface area contributed by atoms with Crippen molar-refractivity contribution in [3.05, 3.63) is 0 Å². The van der Waals surface area contributed by atoms with Gasteiger partial charge in [-0.3, -0.25) is 9.00 Å². The van der Waals surface area contributed by atoms with Crippen LogP contribution >= 0.6 is 0 Å². The number of aliphatic hydroxyl groups is 1. The Kier molecular flexibility index (Phi) is 3.02. The third kappa shape index (κ3) is 2.27. The Labute approximate surface area is 67.6 Å². The third-order valence-electron chi connectivity index (χ3n) is 1.67. The second-order valence-electron chi connectivity index (χ2n) is 2.39. The van der Waals surface area contributed by atoms with Crippen molar-refractivity contribution in [3.8, 4) is 0 Å². The number of carbonyl (C=O) groups is 1. The fraction of sp³-hybridized carbons (Fsp3) is 0.833. The molecule has 1 aliphatic rings. The molecule has 1 heterocycles. The van der Waals surface area contributed by atoms with Crippen LogP contribution in [0.2, 0.25) is 0 Å². The second-order valence-corrected chi connectivity index (χ2v) is 4.08. The standard InChI is InChI=1S/C6H11NO3S/c8-5-6(9)7-1-3-11(10)4-2-7/h8H,1-5H2. The summed E-state index contributed by atoms with van der Waals surface area (Å²) in [7, 11) is -0.755. The van der Waals surface area contributed by atoms with E-state index in [1.165, 1.54) is 0 Å². The van der Waals surface area contributed by atoms with Gasteiger partial charge in [-0.2, -0.15) is 0 Å². The minimum Gasteiger partial charge on any atom is -0.387 e. The molecule has 0 aliphatic carbocycles. The molecule has 1 aliphatic heterocycles. The summed E-state index contributed by atoms with van der Waals surface area (Å²) in [5.74, 6) is 0.832. The van der Waals surface area contributed by atoms with Crippen LogP contribution in [0.1, 0.15) is 0 Å². The first-order valence-electron chi connectivity index (χ1n) is 3.47. The minimum absolute atomic E-state index is 0.262. The van der Waals surface area contributed by atoms with Gasteiger partial charge in [-0.25, -0.2) is 0 Å². The van der Waals surface area contributed by atoms with E-state index in [-0.39, 0.29) is 5.91 Å². The van der Waals surface area contributed by atoms with E-state index in [0.717, 1.165) is 0 Å². The lowest BCUT2D eigenvalue weighted by atomic mass is 10.4. The summed E-state index contributed by atoms with van der Waals surface area (Å²) in [4.78, 5) is 12.4. The maximum atomic E-state index is 10.9. The average molecular weight is 177 g/mol. The molecule has 0 aromatic heterocycles. The van der Waals surface area contributed by atoms with Crippen molar-refractivity contribution in [2.75, 3.05) is 31.2 Å². The second kappa shape index (κ2) is 3.82. The molecule has 0 saturated carbocycles. The van der Waals surface area contributed by atoms with Crippen LogP contribution < -0.4 is 0 Å². The summed E-state index contributed by atoms with van der Waals surface area (Å²) in [6.45, 7) is 0.602. The third-order valence-corrected chi connectivity index (χ3v) is 2.94. The summed E-state index contributed by atoms with van der Waals surface area (Å²) in [5, 5.41) is 8.49. The highest BCUT2D eigenvalue weighted by Crippen LogP contribution is 1.99. The minimum atomic E-state index is -0.755. The molecule has 1 saturated heterocycles. The lowest BCUT2D eigenvalue weighted by Crippen LogP contribution is -2.43. The maximum Gasteiger partial charge on any atom is 0.248 e. The van der Waals surface area contributed by atoms with E-state index in [1.54, 1.807) is 4.90 Å². The summed E-state index contributed by atoms with van der Waals surface area (Å²) < 4.78 is 10.8. The Balaban J connectivity index is 2.39. The first kappa shape index (κ1) is 8.67. The molecule has 4 nitrogen and oxygen atoms in total. The highest BCUT2D eigenvalue weighted by molar-refractivity contribution is 7.85. The molecule has 0 atom stereocenters. The maximum absolute atomic E-state index is 10.9. The zero-order valence-corrected chi connectivity index (χ0v) is 6.97. The molecule has 1 fully saturated rings. The molecule has 5 heteroatoms. The number of aliphatic hydroxyl groups excluding tert-OH is 1. The highest BCUT2D eigenvalue weighted by atomic mass is 32.2. The SMILES string of the molecule is O=C(CO)N1CCS(=O)CC1. The number of hydrogen-bond donors (Lipinski definition) is 1. The molecule has 1 N–H and O–H groups in total. The molecule has 64 valence electrons. The first-order valence-corrected chi connectivity index (χ1v) is 4.96. The molecule has 0 aromatic rings. The monoisotopic (exact) mass is 177 g/mol. The lowest BCUT2D eigenvalue weighted by Gasteiger charge is -2.25. The van der Waals surface area contributed by atoms with Crippen LogP contribution in [0.25, 0.3) is 0 Å². The lowest BCUT2D eigenvalue weighted by molar-refractivity contribution is -0.133. The topological polar surface area (TPSA) is 57.6 Å². The zero-order valence-electron chi connectivity index (χ0n) is 6.15. The summed E-state index contributed by atoms with van der Waals surface area (Å²) >= 11 is 0. The van der Waals surface area contributed by atoms with Gasteiger partial charge in [0.25, 0.3) is 0 Å². The van der Waals surface area contributed by atoms with Crippen molar-refractivity contribution in [2.45, 2.75) is 0 Å². The van der Waals surface area contributed by atoms with Crippen molar-refractivity contribution in [1.29, 1.82) is 0 Å². The van der Waals surface area contributed by atoms with E-state index >= 15 is 0 Å². The number of nitrogens with zero attached hydrogens (tertiary/aromatic N) is 1. The van der Waals surface area contributed by atoms with Crippen molar-refractivity contribution in [2.24, 2.45) is 0 Å². The van der Waals surface area contributed by atoms with Crippen LogP contribution in [0.5, 0.6) is 0 Å². The normalized spacial score (nSPS) is 20.3. The van der Waals surface area contributed by atoms with Gasteiger partial charge in [-0.1, -0.05) is 0 Å². The van der Waals surface area contributed by atoms with Gasteiger partial charge in [-0.15, -0.1) is 0 Å². The van der Waals surface area contributed by atoms with Crippen LogP contribution in [-0.2, 0) is 15.6 Å². The van der Waals surface area contributed by atoms with E-state index in [0.29, 0.717) is 24.6 Å². The fourth-order valence-electron chi connectivity index (χ4n) is 0.987. The van der Waals surface area contributed by atoms with Crippen molar-refractivity contribution < 1.29 is 14.1 Å². The number of rotatable bonds is 1. The van der Waals surface area contributed by atoms with Gasteiger partial charge in [0.05, 0.1) is 0 Å². The number of amides is 1. The van der Waals surface area contributed by atoms with E-state index in [2.05, 4.69) is 0 Å². The Morgan fingerprint density at radius 1 is 1.45 bits per heavy atom. The molecule has 0 bridgehead atoms. The molecular formula is C6H11NO3S. The smallest absolute Gasteiger partial charge is 0.248 e. The van der Waals surface area contributed by atoms with Crippen LogP contribution in [0.4, 0.5) is 0 Å². The van der Waals surface area contributed by atoms with E-state index in [9.17, 15) is 9.00 Å². The molecule has 1 rings (SSSR count). The molecule has 0 radical (unpaired) electrons. The van der Waals surface area contributed by atoms with E-state index < -0.39 is 17.4 Å². The molecule has 0 spiro atoms. The van der Waals surface area contributed by atoms with Crippen LogP contribution in [-0.4, -0.2) is 51.3 Å². The first-order chi connectivity index (χ1) is 5.24. The molecule has 11 heavy (non-hydrogen) atoms. The summed E-state index contributed by atoms with van der Waals surface area (Å²) in [6.07, 6.45) is 0. The number of hydrogen-bond acceptors (Lipinski definition) is 3. The Bertz CT molecular complexity index is 173. The summed E-state index contributed by atoms with van der Waals surface area (Å²) in [5.41, 5.74) is 0. The van der Waals surface area contributed by atoms with Gasteiger partial charge in [-0.05, 0) is 0 Å². The van der Waals surface area contributed by atoms with Gasteiger partial charge in [0, 0.05) is 35.4 Å². The Morgan fingerprint density at radius 3 is 2.45 bits per heavy atom. The van der Waals surface area contributed by atoms with Crippen LogP contribution in [0, 0.1) is 0 Å². The van der Waals surface area contributed by atoms with Gasteiger partial charge < -0.3 is 10.0 Å². The molecule has 0 unspecified atom stereocenters. The molecule has 0 aromatic carbocycles. The predicted octanol–water partition coefficient (Wildman–Crippen LogP) is -1.43. The zero-order chi connectivity index (χ0) is 8.27. The van der Waals surface area contributed by atoms with Gasteiger partial charge in [0.2, 0.25) is 5.91 Å². The Hall–Kier alpha value is -0.420. The van der Waals surface area contributed by atoms with Gasteiger partial charge in [0.1, 0.15) is 6.61 Å².